The van der Waals surface area contributed by atoms with Gasteiger partial charge in [0.1, 0.15) is 6.10 Å². The van der Waals surface area contributed by atoms with E-state index in [9.17, 15) is 19.5 Å². The first kappa shape index (κ1) is 39.1. The molecule has 268 valence electrons. The number of H-pyrrole nitrogens is 1. The SMILES string of the molecule is COCCCOc1cc(C[C@@H](C[C@H](OC(=O)NCc2ccccc2)[C@@H](O)C[C@H](C(=O)Nc2cc[nH]c(=O)c2)C(C)C)C(C)C)ccc1OC. The number of aliphatic hydroxyl groups excluding tert-OH is 1. The minimum absolute atomic E-state index is 0.00122. The molecule has 2 aromatic carbocycles. The van der Waals surface area contributed by atoms with Gasteiger partial charge >= 0.3 is 6.09 Å². The molecule has 4 N–H and O–H groups in total. The fourth-order valence-electron chi connectivity index (χ4n) is 5.62. The largest absolute Gasteiger partial charge is 0.493 e. The van der Waals surface area contributed by atoms with E-state index in [1.807, 2.05) is 62.4 Å². The van der Waals surface area contributed by atoms with Crippen molar-refractivity contribution >= 4 is 17.7 Å². The molecule has 11 nitrogen and oxygen atoms in total. The average Bonchev–Trinajstić information content (AvgIpc) is 3.07. The fraction of sp³-hybridized carbons (Fsp3) is 0.500. The molecule has 11 heteroatoms. The van der Waals surface area contributed by atoms with E-state index in [0.29, 0.717) is 43.2 Å². The number of carbonyl (C=O) groups is 2. The number of aliphatic hydroxyl groups is 1. The Morgan fingerprint density at radius 2 is 1.63 bits per heavy atom. The summed E-state index contributed by atoms with van der Waals surface area (Å²) in [6, 6.07) is 18.2. The van der Waals surface area contributed by atoms with Crippen molar-refractivity contribution in [2.75, 3.05) is 32.8 Å². The van der Waals surface area contributed by atoms with Crippen molar-refractivity contribution in [1.29, 1.82) is 0 Å². The van der Waals surface area contributed by atoms with Gasteiger partial charge in [-0.05, 0) is 66.3 Å². The number of aromatic amines is 1. The van der Waals surface area contributed by atoms with Crippen LogP contribution < -0.4 is 25.7 Å². The molecule has 4 atom stereocenters. The molecule has 2 amide bonds. The maximum Gasteiger partial charge on any atom is 0.407 e. The lowest BCUT2D eigenvalue weighted by atomic mass is 9.81. The Morgan fingerprint density at radius 3 is 2.29 bits per heavy atom. The summed E-state index contributed by atoms with van der Waals surface area (Å²) in [6.07, 6.45) is 0.535. The molecule has 1 aromatic heterocycles. The second-order valence-electron chi connectivity index (χ2n) is 13.0. The van der Waals surface area contributed by atoms with Gasteiger partial charge in [0.05, 0.1) is 19.8 Å². The highest BCUT2D eigenvalue weighted by Gasteiger charge is 2.34. The molecule has 49 heavy (non-hydrogen) atoms. The van der Waals surface area contributed by atoms with Gasteiger partial charge in [0.25, 0.3) is 0 Å². The Kier molecular flexibility index (Phi) is 16.1. The molecule has 0 spiro atoms. The van der Waals surface area contributed by atoms with Gasteiger partial charge in [-0.25, -0.2) is 4.79 Å². The van der Waals surface area contributed by atoms with E-state index in [-0.39, 0.29) is 42.2 Å². The highest BCUT2D eigenvalue weighted by molar-refractivity contribution is 5.92. The van der Waals surface area contributed by atoms with Gasteiger partial charge in [-0.2, -0.15) is 0 Å². The molecule has 0 radical (unpaired) electrons. The second-order valence-corrected chi connectivity index (χ2v) is 13.0. The van der Waals surface area contributed by atoms with Crippen LogP contribution in [0.5, 0.6) is 11.5 Å². The van der Waals surface area contributed by atoms with Gasteiger partial charge in [0.15, 0.2) is 11.5 Å². The zero-order valence-electron chi connectivity index (χ0n) is 29.6. The monoisotopic (exact) mass is 679 g/mol. The number of alkyl carbamates (subject to hydrolysis) is 1. The molecule has 1 heterocycles. The number of anilines is 1. The first-order chi connectivity index (χ1) is 23.5. The van der Waals surface area contributed by atoms with Crippen molar-refractivity contribution in [3.8, 4) is 11.5 Å². The van der Waals surface area contributed by atoms with Crippen molar-refractivity contribution in [3.63, 3.8) is 0 Å². The van der Waals surface area contributed by atoms with E-state index in [0.717, 1.165) is 17.5 Å². The van der Waals surface area contributed by atoms with Crippen LogP contribution >= 0.6 is 0 Å². The lowest BCUT2D eigenvalue weighted by Crippen LogP contribution is -2.41. The van der Waals surface area contributed by atoms with Gasteiger partial charge in [-0.15, -0.1) is 0 Å². The molecular formula is C38H53N3O8. The Morgan fingerprint density at radius 1 is 0.878 bits per heavy atom. The molecule has 0 fully saturated rings. The van der Waals surface area contributed by atoms with E-state index in [4.69, 9.17) is 18.9 Å². The molecule has 0 saturated carbocycles. The number of hydrogen-bond donors (Lipinski definition) is 4. The predicted octanol–water partition coefficient (Wildman–Crippen LogP) is 5.96. The van der Waals surface area contributed by atoms with E-state index in [1.54, 1.807) is 20.3 Å². The zero-order chi connectivity index (χ0) is 35.8. The summed E-state index contributed by atoms with van der Waals surface area (Å²) in [5.74, 6) is 0.336. The van der Waals surface area contributed by atoms with Crippen molar-refractivity contribution in [2.24, 2.45) is 23.7 Å². The second kappa shape index (κ2) is 20.2. The van der Waals surface area contributed by atoms with E-state index in [1.165, 1.54) is 12.3 Å². The fourth-order valence-corrected chi connectivity index (χ4v) is 5.62. The van der Waals surface area contributed by atoms with Crippen LogP contribution in [0, 0.1) is 23.7 Å². The molecule has 3 rings (SSSR count). The van der Waals surface area contributed by atoms with Crippen LogP contribution in [0.1, 0.15) is 58.1 Å². The van der Waals surface area contributed by atoms with Gasteiger partial charge in [0, 0.05) is 50.6 Å². The molecule has 0 unspecified atom stereocenters. The highest BCUT2D eigenvalue weighted by Crippen LogP contribution is 2.33. The summed E-state index contributed by atoms with van der Waals surface area (Å²) >= 11 is 0. The van der Waals surface area contributed by atoms with Crippen LogP contribution in [0.15, 0.2) is 71.7 Å². The third-order valence-corrected chi connectivity index (χ3v) is 8.60. The number of methoxy groups -OCH3 is 2. The van der Waals surface area contributed by atoms with Gasteiger partial charge in [-0.3, -0.25) is 9.59 Å². The Balaban J connectivity index is 1.81. The molecule has 3 aromatic rings. The minimum atomic E-state index is -1.14. The van der Waals surface area contributed by atoms with Gasteiger partial charge in [-0.1, -0.05) is 64.1 Å². The molecular weight excluding hydrogens is 626 g/mol. The van der Waals surface area contributed by atoms with Crippen LogP contribution in [0.3, 0.4) is 0 Å². The highest BCUT2D eigenvalue weighted by atomic mass is 16.6. The Labute approximate surface area is 289 Å². The van der Waals surface area contributed by atoms with Crippen molar-refractivity contribution < 1.29 is 33.6 Å². The topological polar surface area (TPSA) is 148 Å². The van der Waals surface area contributed by atoms with Crippen molar-refractivity contribution in [1.82, 2.24) is 10.3 Å². The summed E-state index contributed by atoms with van der Waals surface area (Å²) < 4.78 is 22.6. The molecule has 0 aliphatic rings. The first-order valence-electron chi connectivity index (χ1n) is 16.9. The molecule has 0 aliphatic carbocycles. The quantitative estimate of drug-likeness (QED) is 0.107. The molecule has 0 bridgehead atoms. The van der Waals surface area contributed by atoms with E-state index < -0.39 is 24.2 Å². The Bertz CT molecular complexity index is 1490. The smallest absolute Gasteiger partial charge is 0.407 e. The predicted molar refractivity (Wildman–Crippen MR) is 190 cm³/mol. The number of ether oxygens (including phenoxy) is 4. The van der Waals surface area contributed by atoms with Crippen LogP contribution in [0.4, 0.5) is 10.5 Å². The number of carbonyl (C=O) groups excluding carboxylic acids is 2. The number of hydrogen-bond acceptors (Lipinski definition) is 8. The van der Waals surface area contributed by atoms with Crippen molar-refractivity contribution in [2.45, 2.75) is 72.1 Å². The molecule has 0 aliphatic heterocycles. The maximum absolute atomic E-state index is 13.4. The lowest BCUT2D eigenvalue weighted by molar-refractivity contribution is -0.123. The standard InChI is InChI=1S/C38H53N3O8/c1-25(2)29(19-28-13-14-33(47-6)35(20-28)48-18-10-17-46-5)21-34(49-38(45)40-24-27-11-8-7-9-12-27)32(42)23-31(26(3)4)37(44)41-30-15-16-39-36(43)22-30/h7-9,11-16,20,22,25-26,29,31-32,34,42H,10,17-19,21,23-24H2,1-6H3,(H,40,45)(H2,39,41,43,44)/t29-,31-,32-,34-/m0/s1. The van der Waals surface area contributed by atoms with Gasteiger partial charge in [0.2, 0.25) is 11.5 Å². The number of rotatable bonds is 20. The summed E-state index contributed by atoms with van der Waals surface area (Å²) in [4.78, 5) is 40.8. The number of pyridine rings is 1. The normalized spacial score (nSPS) is 13.7. The summed E-state index contributed by atoms with van der Waals surface area (Å²) in [5, 5.41) is 17.3. The third kappa shape index (κ3) is 13.2. The van der Waals surface area contributed by atoms with Crippen LogP contribution in [0.2, 0.25) is 0 Å². The number of amides is 2. The minimum Gasteiger partial charge on any atom is -0.493 e. The van der Waals surface area contributed by atoms with Crippen molar-refractivity contribution in [3.05, 3.63) is 88.3 Å². The number of aromatic nitrogens is 1. The average molecular weight is 680 g/mol. The lowest BCUT2D eigenvalue weighted by Gasteiger charge is -2.32. The molecule has 0 saturated heterocycles. The number of benzene rings is 2. The van der Waals surface area contributed by atoms with Crippen LogP contribution in [-0.2, 0) is 27.2 Å². The van der Waals surface area contributed by atoms with Crippen LogP contribution in [0.25, 0.3) is 0 Å². The maximum atomic E-state index is 13.4. The Hall–Kier alpha value is -4.35. The summed E-state index contributed by atoms with van der Waals surface area (Å²) in [7, 11) is 3.25. The van der Waals surface area contributed by atoms with Gasteiger partial charge < -0.3 is 39.7 Å². The zero-order valence-corrected chi connectivity index (χ0v) is 29.6. The van der Waals surface area contributed by atoms with Crippen LogP contribution in [-0.4, -0.2) is 61.7 Å². The van der Waals surface area contributed by atoms with E-state index >= 15 is 0 Å². The third-order valence-electron chi connectivity index (χ3n) is 8.60. The number of nitrogens with one attached hydrogen (secondary N) is 3. The van der Waals surface area contributed by atoms with E-state index in [2.05, 4.69) is 29.5 Å². The first-order valence-corrected chi connectivity index (χ1v) is 16.9. The summed E-state index contributed by atoms with van der Waals surface area (Å²) in [6.45, 7) is 9.32. The summed E-state index contributed by atoms with van der Waals surface area (Å²) in [5.41, 5.74) is 1.95.